The number of ether oxygens (including phenoxy) is 2. The number of hydrogen-bond donors (Lipinski definition) is 1. The fraction of sp³-hybridized carbons (Fsp3) is 0.368. The second-order valence-electron chi connectivity index (χ2n) is 6.42. The zero-order valence-corrected chi connectivity index (χ0v) is 13.8. The topological polar surface area (TPSA) is 44.5 Å². The maximum Gasteiger partial charge on any atom is 0.161 e. The zero-order valence-electron chi connectivity index (χ0n) is 13.8. The average molecular weight is 299 g/mol. The van der Waals surface area contributed by atoms with Crippen LogP contribution in [0, 0.1) is 0 Å². The van der Waals surface area contributed by atoms with Gasteiger partial charge < -0.3 is 15.2 Å². The largest absolute Gasteiger partial charge is 0.493 e. The molecule has 0 radical (unpaired) electrons. The molecule has 118 valence electrons. The molecule has 0 amide bonds. The van der Waals surface area contributed by atoms with E-state index in [4.69, 9.17) is 15.2 Å². The van der Waals surface area contributed by atoms with Gasteiger partial charge in [0.1, 0.15) is 6.61 Å². The monoisotopic (exact) mass is 299 g/mol. The normalized spacial score (nSPS) is 11.3. The Kier molecular flexibility index (Phi) is 5.09. The Labute approximate surface area is 133 Å². The Morgan fingerprint density at radius 2 is 1.55 bits per heavy atom. The summed E-state index contributed by atoms with van der Waals surface area (Å²) in [5, 5.41) is 0. The standard InChI is InChI=1S/C19H25NO2/c1-19(2,3)16-8-5-14(6-9-16)13-22-17-10-7-15(12-20)11-18(17)21-4/h5-11H,12-13,20H2,1-4H3. The van der Waals surface area contributed by atoms with Crippen LogP contribution in [0.15, 0.2) is 42.5 Å². The van der Waals surface area contributed by atoms with Crippen molar-refractivity contribution in [2.45, 2.75) is 39.3 Å². The van der Waals surface area contributed by atoms with Gasteiger partial charge in [-0.3, -0.25) is 0 Å². The molecule has 0 saturated carbocycles. The van der Waals surface area contributed by atoms with Gasteiger partial charge in [0, 0.05) is 6.54 Å². The second-order valence-corrected chi connectivity index (χ2v) is 6.42. The van der Waals surface area contributed by atoms with Crippen molar-refractivity contribution in [2.24, 2.45) is 5.73 Å². The Morgan fingerprint density at radius 3 is 2.09 bits per heavy atom. The van der Waals surface area contributed by atoms with Crippen LogP contribution in [-0.4, -0.2) is 7.11 Å². The zero-order chi connectivity index (χ0) is 16.2. The number of hydrogen-bond acceptors (Lipinski definition) is 3. The lowest BCUT2D eigenvalue weighted by Crippen LogP contribution is -2.10. The van der Waals surface area contributed by atoms with Crippen molar-refractivity contribution >= 4 is 0 Å². The summed E-state index contributed by atoms with van der Waals surface area (Å²) in [6.07, 6.45) is 0. The summed E-state index contributed by atoms with van der Waals surface area (Å²) in [4.78, 5) is 0. The summed E-state index contributed by atoms with van der Waals surface area (Å²) >= 11 is 0. The van der Waals surface area contributed by atoms with Crippen LogP contribution in [0.5, 0.6) is 11.5 Å². The minimum absolute atomic E-state index is 0.167. The van der Waals surface area contributed by atoms with E-state index in [2.05, 4.69) is 45.0 Å². The van der Waals surface area contributed by atoms with E-state index in [-0.39, 0.29) is 5.41 Å². The Hall–Kier alpha value is -2.00. The van der Waals surface area contributed by atoms with E-state index < -0.39 is 0 Å². The lowest BCUT2D eigenvalue weighted by atomic mass is 9.87. The molecule has 0 spiro atoms. The molecule has 22 heavy (non-hydrogen) atoms. The Morgan fingerprint density at radius 1 is 0.909 bits per heavy atom. The summed E-state index contributed by atoms with van der Waals surface area (Å²) in [5.41, 5.74) is 9.29. The van der Waals surface area contributed by atoms with E-state index in [1.807, 2.05) is 18.2 Å². The first-order valence-corrected chi connectivity index (χ1v) is 7.53. The molecule has 0 aliphatic carbocycles. The lowest BCUT2D eigenvalue weighted by molar-refractivity contribution is 0.284. The minimum atomic E-state index is 0.167. The minimum Gasteiger partial charge on any atom is -0.493 e. The van der Waals surface area contributed by atoms with E-state index in [0.717, 1.165) is 16.9 Å². The van der Waals surface area contributed by atoms with Gasteiger partial charge in [-0.05, 0) is 34.2 Å². The van der Waals surface area contributed by atoms with Crippen molar-refractivity contribution in [3.8, 4) is 11.5 Å². The van der Waals surface area contributed by atoms with Crippen molar-refractivity contribution in [2.75, 3.05) is 7.11 Å². The third kappa shape index (κ3) is 4.01. The molecule has 0 atom stereocenters. The van der Waals surface area contributed by atoms with Crippen LogP contribution in [-0.2, 0) is 18.6 Å². The van der Waals surface area contributed by atoms with Crippen molar-refractivity contribution in [1.82, 2.24) is 0 Å². The second kappa shape index (κ2) is 6.84. The number of nitrogens with two attached hydrogens (primary N) is 1. The van der Waals surface area contributed by atoms with Crippen molar-refractivity contribution in [3.05, 3.63) is 59.2 Å². The summed E-state index contributed by atoms with van der Waals surface area (Å²) in [6, 6.07) is 14.3. The van der Waals surface area contributed by atoms with Crippen molar-refractivity contribution < 1.29 is 9.47 Å². The molecule has 0 unspecified atom stereocenters. The summed E-state index contributed by atoms with van der Waals surface area (Å²) < 4.78 is 11.2. The molecule has 0 saturated heterocycles. The molecule has 3 nitrogen and oxygen atoms in total. The van der Waals surface area contributed by atoms with Gasteiger partial charge in [0.15, 0.2) is 11.5 Å². The van der Waals surface area contributed by atoms with Gasteiger partial charge in [-0.15, -0.1) is 0 Å². The van der Waals surface area contributed by atoms with Crippen LogP contribution >= 0.6 is 0 Å². The fourth-order valence-electron chi connectivity index (χ4n) is 2.22. The van der Waals surface area contributed by atoms with Crippen LogP contribution in [0.4, 0.5) is 0 Å². The predicted octanol–water partition coefficient (Wildman–Crippen LogP) is 4.03. The number of benzene rings is 2. The predicted molar refractivity (Wildman–Crippen MR) is 90.4 cm³/mol. The SMILES string of the molecule is COc1cc(CN)ccc1OCc1ccc(C(C)(C)C)cc1. The van der Waals surface area contributed by atoms with E-state index >= 15 is 0 Å². The highest BCUT2D eigenvalue weighted by Crippen LogP contribution is 2.29. The van der Waals surface area contributed by atoms with Crippen molar-refractivity contribution in [3.63, 3.8) is 0 Å². The van der Waals surface area contributed by atoms with Gasteiger partial charge in [-0.1, -0.05) is 51.1 Å². The van der Waals surface area contributed by atoms with Crippen LogP contribution in [0.3, 0.4) is 0 Å². The molecule has 0 bridgehead atoms. The average Bonchev–Trinajstić information content (AvgIpc) is 2.52. The van der Waals surface area contributed by atoms with Gasteiger partial charge in [0.2, 0.25) is 0 Å². The Balaban J connectivity index is 2.07. The van der Waals surface area contributed by atoms with E-state index in [1.54, 1.807) is 7.11 Å². The number of rotatable bonds is 5. The van der Waals surface area contributed by atoms with E-state index in [0.29, 0.717) is 18.9 Å². The van der Waals surface area contributed by atoms with Crippen LogP contribution in [0.25, 0.3) is 0 Å². The van der Waals surface area contributed by atoms with Crippen molar-refractivity contribution in [1.29, 1.82) is 0 Å². The third-order valence-corrected chi connectivity index (χ3v) is 3.68. The maximum atomic E-state index is 5.87. The third-order valence-electron chi connectivity index (χ3n) is 3.68. The number of methoxy groups -OCH3 is 1. The van der Waals surface area contributed by atoms with Gasteiger partial charge >= 0.3 is 0 Å². The molecule has 0 aliphatic rings. The first kappa shape index (κ1) is 16.4. The quantitative estimate of drug-likeness (QED) is 0.906. The molecule has 2 rings (SSSR count). The molecular weight excluding hydrogens is 274 g/mol. The molecule has 2 aromatic carbocycles. The summed E-state index contributed by atoms with van der Waals surface area (Å²) in [6.45, 7) is 7.64. The smallest absolute Gasteiger partial charge is 0.161 e. The summed E-state index contributed by atoms with van der Waals surface area (Å²) in [5.74, 6) is 1.45. The molecular formula is C19H25NO2. The highest BCUT2D eigenvalue weighted by atomic mass is 16.5. The van der Waals surface area contributed by atoms with Gasteiger partial charge in [0.05, 0.1) is 7.11 Å². The Bertz CT molecular complexity index is 612. The first-order chi connectivity index (χ1) is 10.4. The highest BCUT2D eigenvalue weighted by molar-refractivity contribution is 5.43. The van der Waals surface area contributed by atoms with E-state index in [1.165, 1.54) is 5.56 Å². The van der Waals surface area contributed by atoms with Gasteiger partial charge in [-0.2, -0.15) is 0 Å². The van der Waals surface area contributed by atoms with Crippen LogP contribution in [0.1, 0.15) is 37.5 Å². The van der Waals surface area contributed by atoms with Crippen LogP contribution in [0.2, 0.25) is 0 Å². The van der Waals surface area contributed by atoms with E-state index in [9.17, 15) is 0 Å². The molecule has 0 aromatic heterocycles. The molecule has 0 heterocycles. The summed E-state index contributed by atoms with van der Waals surface area (Å²) in [7, 11) is 1.64. The molecule has 2 N–H and O–H groups in total. The highest BCUT2D eigenvalue weighted by Gasteiger charge is 2.13. The molecule has 2 aromatic rings. The van der Waals surface area contributed by atoms with Crippen LogP contribution < -0.4 is 15.2 Å². The molecule has 3 heteroatoms. The molecule has 0 fully saturated rings. The molecule has 0 aliphatic heterocycles. The first-order valence-electron chi connectivity index (χ1n) is 7.53. The maximum absolute atomic E-state index is 5.87. The van der Waals surface area contributed by atoms with Gasteiger partial charge in [0.25, 0.3) is 0 Å². The lowest BCUT2D eigenvalue weighted by Gasteiger charge is -2.19. The fourth-order valence-corrected chi connectivity index (χ4v) is 2.22. The van der Waals surface area contributed by atoms with Gasteiger partial charge in [-0.25, -0.2) is 0 Å².